The van der Waals surface area contributed by atoms with Crippen molar-refractivity contribution >= 4 is 12.4 Å². The molecule has 2 rings (SSSR count). The Balaban J connectivity index is 0.00000220. The van der Waals surface area contributed by atoms with E-state index in [0.717, 1.165) is 38.2 Å². The smallest absolute Gasteiger partial charge is 0.165 e. The molecule has 0 bridgehead atoms. The van der Waals surface area contributed by atoms with Gasteiger partial charge in [0.1, 0.15) is 0 Å². The molecule has 120 valence electrons. The molecule has 3 nitrogen and oxygen atoms in total. The van der Waals surface area contributed by atoms with Crippen molar-refractivity contribution in [1.29, 1.82) is 0 Å². The van der Waals surface area contributed by atoms with Crippen LogP contribution in [0.1, 0.15) is 32.3 Å². The first kappa shape index (κ1) is 18.2. The molecule has 0 radical (unpaired) electrons. The van der Waals surface area contributed by atoms with Crippen molar-refractivity contribution in [2.45, 2.75) is 39.3 Å². The lowest BCUT2D eigenvalue weighted by Crippen LogP contribution is -2.36. The van der Waals surface area contributed by atoms with Gasteiger partial charge in [-0.3, -0.25) is 4.90 Å². The van der Waals surface area contributed by atoms with Gasteiger partial charge in [-0.05, 0) is 50.6 Å². The Hall–Kier alpha value is -0.840. The van der Waals surface area contributed by atoms with Crippen LogP contribution in [0, 0.1) is 5.82 Å². The summed E-state index contributed by atoms with van der Waals surface area (Å²) in [6, 6.07) is 5.89. The zero-order valence-electron chi connectivity index (χ0n) is 12.9. The molecule has 1 heterocycles. The van der Waals surface area contributed by atoms with Gasteiger partial charge in [-0.25, -0.2) is 4.39 Å². The molecule has 1 unspecified atom stereocenters. The van der Waals surface area contributed by atoms with Gasteiger partial charge in [-0.1, -0.05) is 13.0 Å². The number of nitrogens with zero attached hydrogens (tertiary/aromatic N) is 1. The highest BCUT2D eigenvalue weighted by molar-refractivity contribution is 5.85. The molecule has 1 saturated heterocycles. The minimum absolute atomic E-state index is 0. The molecular formula is C16H26ClFN2O. The van der Waals surface area contributed by atoms with E-state index in [9.17, 15) is 4.39 Å². The third-order valence-corrected chi connectivity index (χ3v) is 3.74. The normalized spacial score (nSPS) is 17.8. The van der Waals surface area contributed by atoms with Gasteiger partial charge in [0.25, 0.3) is 0 Å². The molecule has 1 aliphatic rings. The summed E-state index contributed by atoms with van der Waals surface area (Å²) in [4.78, 5) is 2.45. The van der Waals surface area contributed by atoms with E-state index < -0.39 is 0 Å². The van der Waals surface area contributed by atoms with Gasteiger partial charge in [-0.2, -0.15) is 0 Å². The summed E-state index contributed by atoms with van der Waals surface area (Å²) in [5, 5.41) is 3.40. The van der Waals surface area contributed by atoms with Crippen LogP contribution in [0.15, 0.2) is 18.2 Å². The molecular weight excluding hydrogens is 291 g/mol. The highest BCUT2D eigenvalue weighted by Gasteiger charge is 2.21. The summed E-state index contributed by atoms with van der Waals surface area (Å²) in [6.45, 7) is 8.54. The van der Waals surface area contributed by atoms with Crippen LogP contribution in [0.3, 0.4) is 0 Å². The van der Waals surface area contributed by atoms with E-state index in [0.29, 0.717) is 18.4 Å². The van der Waals surface area contributed by atoms with Crippen LogP contribution in [0.2, 0.25) is 0 Å². The van der Waals surface area contributed by atoms with E-state index >= 15 is 0 Å². The van der Waals surface area contributed by atoms with Crippen LogP contribution >= 0.6 is 12.4 Å². The van der Waals surface area contributed by atoms with Gasteiger partial charge in [0, 0.05) is 19.1 Å². The quantitative estimate of drug-likeness (QED) is 0.836. The van der Waals surface area contributed by atoms with Crippen molar-refractivity contribution in [3.8, 4) is 5.75 Å². The van der Waals surface area contributed by atoms with Gasteiger partial charge < -0.3 is 10.1 Å². The molecule has 0 aliphatic carbocycles. The highest BCUT2D eigenvalue weighted by Crippen LogP contribution is 2.21. The van der Waals surface area contributed by atoms with Crippen molar-refractivity contribution in [2.24, 2.45) is 0 Å². The fourth-order valence-electron chi connectivity index (χ4n) is 2.78. The van der Waals surface area contributed by atoms with Crippen LogP contribution in [0.5, 0.6) is 5.75 Å². The molecule has 1 aromatic carbocycles. The van der Waals surface area contributed by atoms with E-state index in [4.69, 9.17) is 4.74 Å². The van der Waals surface area contributed by atoms with Gasteiger partial charge in [0.15, 0.2) is 11.6 Å². The monoisotopic (exact) mass is 316 g/mol. The van der Waals surface area contributed by atoms with Gasteiger partial charge in [0.2, 0.25) is 0 Å². The number of ether oxygens (including phenoxy) is 1. The van der Waals surface area contributed by atoms with Crippen molar-refractivity contribution in [2.75, 3.05) is 26.2 Å². The Morgan fingerprint density at radius 3 is 2.76 bits per heavy atom. The highest BCUT2D eigenvalue weighted by atomic mass is 35.5. The van der Waals surface area contributed by atoms with E-state index in [-0.39, 0.29) is 18.2 Å². The average Bonchev–Trinajstić information content (AvgIpc) is 2.95. The first-order valence-electron chi connectivity index (χ1n) is 7.60. The number of halogens is 2. The van der Waals surface area contributed by atoms with E-state index in [1.165, 1.54) is 6.42 Å². The van der Waals surface area contributed by atoms with E-state index in [1.807, 2.05) is 13.0 Å². The van der Waals surface area contributed by atoms with Crippen LogP contribution in [-0.2, 0) is 6.54 Å². The van der Waals surface area contributed by atoms with Crippen molar-refractivity contribution < 1.29 is 9.13 Å². The fourth-order valence-corrected chi connectivity index (χ4v) is 2.78. The molecule has 0 saturated carbocycles. The summed E-state index contributed by atoms with van der Waals surface area (Å²) in [6.07, 6.45) is 2.30. The second-order valence-corrected chi connectivity index (χ2v) is 5.31. The van der Waals surface area contributed by atoms with Crippen molar-refractivity contribution in [3.05, 3.63) is 29.6 Å². The lowest BCUT2D eigenvalue weighted by Gasteiger charge is -2.28. The predicted molar refractivity (Wildman–Crippen MR) is 86.8 cm³/mol. The summed E-state index contributed by atoms with van der Waals surface area (Å²) < 4.78 is 19.1. The summed E-state index contributed by atoms with van der Waals surface area (Å²) in [5.74, 6) is 0.0890. The Bertz CT molecular complexity index is 425. The molecule has 1 N–H and O–H groups in total. The summed E-state index contributed by atoms with van der Waals surface area (Å²) in [5.41, 5.74) is 1.02. The molecule has 1 atom stereocenters. The van der Waals surface area contributed by atoms with E-state index in [2.05, 4.69) is 17.1 Å². The second-order valence-electron chi connectivity index (χ2n) is 5.31. The minimum Gasteiger partial charge on any atom is -0.491 e. The second kappa shape index (κ2) is 9.23. The van der Waals surface area contributed by atoms with Crippen LogP contribution < -0.4 is 10.1 Å². The number of hydrogen-bond acceptors (Lipinski definition) is 3. The van der Waals surface area contributed by atoms with Crippen LogP contribution in [-0.4, -0.2) is 37.2 Å². The van der Waals surface area contributed by atoms with Crippen LogP contribution in [0.4, 0.5) is 4.39 Å². The zero-order valence-corrected chi connectivity index (χ0v) is 13.7. The Morgan fingerprint density at radius 1 is 1.38 bits per heavy atom. The Labute approximate surface area is 133 Å². The SMILES string of the molecule is CCCN(Cc1ccc(OCC)c(F)c1)C1CCNC1.Cl. The van der Waals surface area contributed by atoms with E-state index in [1.54, 1.807) is 12.1 Å². The molecule has 1 aromatic rings. The first-order valence-corrected chi connectivity index (χ1v) is 7.60. The molecule has 21 heavy (non-hydrogen) atoms. The summed E-state index contributed by atoms with van der Waals surface area (Å²) in [7, 11) is 0. The first-order chi connectivity index (χ1) is 9.74. The van der Waals surface area contributed by atoms with Crippen molar-refractivity contribution in [3.63, 3.8) is 0 Å². The maximum Gasteiger partial charge on any atom is 0.165 e. The maximum absolute atomic E-state index is 13.9. The molecule has 1 aliphatic heterocycles. The van der Waals surface area contributed by atoms with Gasteiger partial charge in [0.05, 0.1) is 6.61 Å². The largest absolute Gasteiger partial charge is 0.491 e. The lowest BCUT2D eigenvalue weighted by atomic mass is 10.1. The molecule has 1 fully saturated rings. The zero-order chi connectivity index (χ0) is 14.4. The fraction of sp³-hybridized carbons (Fsp3) is 0.625. The predicted octanol–water partition coefficient (Wildman–Crippen LogP) is 3.22. The third kappa shape index (κ3) is 5.13. The molecule has 5 heteroatoms. The van der Waals surface area contributed by atoms with Gasteiger partial charge >= 0.3 is 0 Å². The maximum atomic E-state index is 13.9. The topological polar surface area (TPSA) is 24.5 Å². The average molecular weight is 317 g/mol. The van der Waals surface area contributed by atoms with Gasteiger partial charge in [-0.15, -0.1) is 12.4 Å². The third-order valence-electron chi connectivity index (χ3n) is 3.74. The molecule has 0 spiro atoms. The lowest BCUT2D eigenvalue weighted by molar-refractivity contribution is 0.199. The van der Waals surface area contributed by atoms with Crippen LogP contribution in [0.25, 0.3) is 0 Å². The minimum atomic E-state index is -0.259. The Morgan fingerprint density at radius 2 is 2.19 bits per heavy atom. The number of benzene rings is 1. The number of rotatable bonds is 7. The Kier molecular flexibility index (Phi) is 8.01. The standard InChI is InChI=1S/C16H25FN2O.ClH/c1-3-9-19(14-7-8-18-11-14)12-13-5-6-16(20-4-2)15(17)10-13;/h5-6,10,14,18H,3-4,7-9,11-12H2,1-2H3;1H. The molecule has 0 amide bonds. The summed E-state index contributed by atoms with van der Waals surface area (Å²) >= 11 is 0. The van der Waals surface area contributed by atoms with Crippen molar-refractivity contribution in [1.82, 2.24) is 10.2 Å². The number of hydrogen-bond donors (Lipinski definition) is 1. The number of nitrogens with one attached hydrogen (secondary N) is 1. The molecule has 0 aromatic heterocycles.